The number of carbonyl (C=O) groups is 1. The van der Waals surface area contributed by atoms with Crippen molar-refractivity contribution in [3.05, 3.63) is 48.3 Å². The summed E-state index contributed by atoms with van der Waals surface area (Å²) in [5.74, 6) is 0.142. The fourth-order valence-corrected chi connectivity index (χ4v) is 3.15. The Labute approximate surface area is 136 Å². The van der Waals surface area contributed by atoms with Crippen molar-refractivity contribution in [3.63, 3.8) is 0 Å². The smallest absolute Gasteiger partial charge is 0.228 e. The van der Waals surface area contributed by atoms with Gasteiger partial charge in [-0.3, -0.25) is 4.79 Å². The van der Waals surface area contributed by atoms with Crippen molar-refractivity contribution in [2.45, 2.75) is 19.8 Å². The number of hydrogen-bond acceptors (Lipinski definition) is 3. The molecule has 0 saturated carbocycles. The molecule has 1 aromatic carbocycles. The van der Waals surface area contributed by atoms with Crippen molar-refractivity contribution in [3.8, 4) is 5.69 Å². The van der Waals surface area contributed by atoms with E-state index in [1.54, 1.807) is 7.11 Å². The van der Waals surface area contributed by atoms with Gasteiger partial charge < -0.3 is 9.64 Å². The van der Waals surface area contributed by atoms with Crippen molar-refractivity contribution >= 4 is 5.91 Å². The Morgan fingerprint density at radius 3 is 2.83 bits per heavy atom. The van der Waals surface area contributed by atoms with Gasteiger partial charge in [0.05, 0.1) is 24.4 Å². The van der Waals surface area contributed by atoms with Gasteiger partial charge in [-0.05, 0) is 24.6 Å². The quantitative estimate of drug-likeness (QED) is 0.851. The van der Waals surface area contributed by atoms with Gasteiger partial charge >= 0.3 is 0 Å². The molecule has 2 heterocycles. The summed E-state index contributed by atoms with van der Waals surface area (Å²) < 4.78 is 7.08. The van der Waals surface area contributed by atoms with Gasteiger partial charge in [-0.2, -0.15) is 5.10 Å². The topological polar surface area (TPSA) is 47.4 Å². The van der Waals surface area contributed by atoms with E-state index in [9.17, 15) is 4.79 Å². The normalized spacial score (nSPS) is 20.9. The fraction of sp³-hybridized carbons (Fsp3) is 0.444. The number of benzene rings is 1. The van der Waals surface area contributed by atoms with Crippen LogP contribution >= 0.6 is 0 Å². The van der Waals surface area contributed by atoms with Gasteiger partial charge in [0.1, 0.15) is 0 Å². The SMILES string of the molecule is COCC1(C)CCN(C(=O)Cc2ccn(-c3ccccc3)n2)C1. The summed E-state index contributed by atoms with van der Waals surface area (Å²) in [6.07, 6.45) is 3.24. The van der Waals surface area contributed by atoms with Crippen LogP contribution in [0.3, 0.4) is 0 Å². The Kier molecular flexibility index (Phi) is 4.48. The van der Waals surface area contributed by atoms with Crippen LogP contribution in [0.2, 0.25) is 0 Å². The molecule has 1 saturated heterocycles. The van der Waals surface area contributed by atoms with E-state index < -0.39 is 0 Å². The largest absolute Gasteiger partial charge is 0.384 e. The number of amides is 1. The Bertz CT molecular complexity index is 668. The van der Waals surface area contributed by atoms with Crippen LogP contribution in [0.15, 0.2) is 42.6 Å². The Balaban J connectivity index is 1.62. The molecule has 0 N–H and O–H groups in total. The van der Waals surface area contributed by atoms with Gasteiger partial charge in [0.2, 0.25) is 5.91 Å². The minimum Gasteiger partial charge on any atom is -0.384 e. The summed E-state index contributed by atoms with van der Waals surface area (Å²) in [4.78, 5) is 14.4. The molecule has 2 aromatic rings. The Hall–Kier alpha value is -2.14. The maximum absolute atomic E-state index is 12.5. The molecule has 1 aliphatic heterocycles. The molecule has 1 unspecified atom stereocenters. The first kappa shape index (κ1) is 15.7. The number of carbonyl (C=O) groups excluding carboxylic acids is 1. The van der Waals surface area contributed by atoms with Crippen LogP contribution in [0.4, 0.5) is 0 Å². The van der Waals surface area contributed by atoms with Crippen LogP contribution in [0.1, 0.15) is 19.0 Å². The molecule has 5 nitrogen and oxygen atoms in total. The second kappa shape index (κ2) is 6.54. The monoisotopic (exact) mass is 313 g/mol. The first-order chi connectivity index (χ1) is 11.1. The van der Waals surface area contributed by atoms with Gasteiger partial charge in [-0.15, -0.1) is 0 Å². The molecule has 0 radical (unpaired) electrons. The molecule has 1 aromatic heterocycles. The lowest BCUT2D eigenvalue weighted by atomic mass is 9.91. The number of ether oxygens (including phenoxy) is 1. The third-order valence-electron chi connectivity index (χ3n) is 4.40. The predicted octanol–water partition coefficient (Wildman–Crippen LogP) is 2.30. The first-order valence-corrected chi connectivity index (χ1v) is 7.96. The van der Waals surface area contributed by atoms with E-state index >= 15 is 0 Å². The summed E-state index contributed by atoms with van der Waals surface area (Å²) in [6.45, 7) is 4.43. The van der Waals surface area contributed by atoms with Crippen molar-refractivity contribution < 1.29 is 9.53 Å². The molecule has 0 bridgehead atoms. The molecule has 0 aliphatic carbocycles. The molecule has 3 rings (SSSR count). The number of nitrogens with zero attached hydrogens (tertiary/aromatic N) is 3. The number of para-hydroxylation sites is 1. The standard InChI is InChI=1S/C18H23N3O2/c1-18(14-23-2)9-11-20(13-18)17(22)12-15-8-10-21(19-15)16-6-4-3-5-7-16/h3-8,10H,9,11-14H2,1-2H3. The van der Waals surface area contributed by atoms with Crippen molar-refractivity contribution in [1.82, 2.24) is 14.7 Å². The van der Waals surface area contributed by atoms with E-state index in [1.165, 1.54) is 0 Å². The Morgan fingerprint density at radius 1 is 1.30 bits per heavy atom. The minimum absolute atomic E-state index is 0.0772. The van der Waals surface area contributed by atoms with Crippen LogP contribution in [0, 0.1) is 5.41 Å². The number of methoxy groups -OCH3 is 1. The molecule has 1 fully saturated rings. The lowest BCUT2D eigenvalue weighted by Crippen LogP contribution is -2.33. The lowest BCUT2D eigenvalue weighted by molar-refractivity contribution is -0.130. The summed E-state index contributed by atoms with van der Waals surface area (Å²) in [7, 11) is 1.71. The summed E-state index contributed by atoms with van der Waals surface area (Å²) >= 11 is 0. The van der Waals surface area contributed by atoms with E-state index in [0.717, 1.165) is 30.9 Å². The summed E-state index contributed by atoms with van der Waals surface area (Å²) in [5.41, 5.74) is 1.88. The number of aromatic nitrogens is 2. The van der Waals surface area contributed by atoms with E-state index in [0.29, 0.717) is 13.0 Å². The van der Waals surface area contributed by atoms with Gasteiger partial charge in [0.25, 0.3) is 0 Å². The van der Waals surface area contributed by atoms with Gasteiger partial charge in [0, 0.05) is 31.8 Å². The van der Waals surface area contributed by atoms with Crippen LogP contribution in [-0.4, -0.2) is 47.4 Å². The van der Waals surface area contributed by atoms with Crippen LogP contribution in [-0.2, 0) is 16.0 Å². The molecule has 1 amide bonds. The molecular weight excluding hydrogens is 290 g/mol. The molecular formula is C18H23N3O2. The molecule has 122 valence electrons. The highest BCUT2D eigenvalue weighted by Gasteiger charge is 2.35. The van der Waals surface area contributed by atoms with E-state index in [1.807, 2.05) is 52.2 Å². The van der Waals surface area contributed by atoms with Gasteiger partial charge in [-0.1, -0.05) is 25.1 Å². The summed E-state index contributed by atoms with van der Waals surface area (Å²) in [5, 5.41) is 4.51. The number of hydrogen-bond donors (Lipinski definition) is 0. The first-order valence-electron chi connectivity index (χ1n) is 7.96. The third-order valence-corrected chi connectivity index (χ3v) is 4.40. The maximum Gasteiger partial charge on any atom is 0.228 e. The molecule has 5 heteroatoms. The van der Waals surface area contributed by atoms with E-state index in [2.05, 4.69) is 12.0 Å². The van der Waals surface area contributed by atoms with Crippen LogP contribution < -0.4 is 0 Å². The number of likely N-dealkylation sites (tertiary alicyclic amines) is 1. The zero-order valence-electron chi connectivity index (χ0n) is 13.7. The van der Waals surface area contributed by atoms with Crippen molar-refractivity contribution in [2.24, 2.45) is 5.41 Å². The second-order valence-corrected chi connectivity index (χ2v) is 6.57. The van der Waals surface area contributed by atoms with E-state index in [-0.39, 0.29) is 11.3 Å². The third kappa shape index (κ3) is 3.62. The van der Waals surface area contributed by atoms with Crippen molar-refractivity contribution in [2.75, 3.05) is 26.8 Å². The molecule has 23 heavy (non-hydrogen) atoms. The number of rotatable bonds is 5. The minimum atomic E-state index is 0.0772. The molecule has 1 aliphatic rings. The van der Waals surface area contributed by atoms with E-state index in [4.69, 9.17) is 4.74 Å². The van der Waals surface area contributed by atoms with Gasteiger partial charge in [-0.25, -0.2) is 4.68 Å². The maximum atomic E-state index is 12.5. The Morgan fingerprint density at radius 2 is 2.09 bits per heavy atom. The zero-order valence-corrected chi connectivity index (χ0v) is 13.7. The fourth-order valence-electron chi connectivity index (χ4n) is 3.15. The van der Waals surface area contributed by atoms with Crippen molar-refractivity contribution in [1.29, 1.82) is 0 Å². The average Bonchev–Trinajstić information content (AvgIpc) is 3.16. The molecule has 1 atom stereocenters. The highest BCUT2D eigenvalue weighted by atomic mass is 16.5. The van der Waals surface area contributed by atoms with Crippen LogP contribution in [0.5, 0.6) is 0 Å². The zero-order chi connectivity index (χ0) is 16.3. The average molecular weight is 313 g/mol. The predicted molar refractivity (Wildman–Crippen MR) is 88.4 cm³/mol. The highest BCUT2D eigenvalue weighted by Crippen LogP contribution is 2.30. The van der Waals surface area contributed by atoms with Crippen LogP contribution in [0.25, 0.3) is 5.69 Å². The van der Waals surface area contributed by atoms with Gasteiger partial charge in [0.15, 0.2) is 0 Å². The second-order valence-electron chi connectivity index (χ2n) is 6.57. The molecule has 0 spiro atoms. The summed E-state index contributed by atoms with van der Waals surface area (Å²) in [6, 6.07) is 11.8. The highest BCUT2D eigenvalue weighted by molar-refractivity contribution is 5.78. The lowest BCUT2D eigenvalue weighted by Gasteiger charge is -2.23.